The summed E-state index contributed by atoms with van der Waals surface area (Å²) in [5.74, 6) is 0. The maximum absolute atomic E-state index is 9.31. The molecule has 1 aromatic rings. The standard InChI is InChI=1S/C14H20N2O/c1-4-14(3,10-17)16-9-13-6-5-12(8-15)7-11(13)2/h5-7,16-17H,4,9-10H2,1-3H3. The fourth-order valence-corrected chi connectivity index (χ4v) is 1.57. The number of rotatable bonds is 5. The summed E-state index contributed by atoms with van der Waals surface area (Å²) >= 11 is 0. The maximum Gasteiger partial charge on any atom is 0.0991 e. The predicted octanol–water partition coefficient (Wildman–Crippen LogP) is 2.12. The number of aliphatic hydroxyl groups excluding tert-OH is 1. The van der Waals surface area contributed by atoms with Crippen LogP contribution in [0.5, 0.6) is 0 Å². The van der Waals surface area contributed by atoms with E-state index in [-0.39, 0.29) is 12.1 Å². The highest BCUT2D eigenvalue weighted by atomic mass is 16.3. The largest absolute Gasteiger partial charge is 0.394 e. The molecule has 0 heterocycles. The van der Waals surface area contributed by atoms with Crippen LogP contribution in [0, 0.1) is 18.3 Å². The molecule has 0 aliphatic carbocycles. The van der Waals surface area contributed by atoms with Crippen molar-refractivity contribution in [3.05, 3.63) is 34.9 Å². The first-order chi connectivity index (χ1) is 8.04. The molecule has 0 saturated carbocycles. The second-order valence-corrected chi connectivity index (χ2v) is 4.68. The molecule has 92 valence electrons. The number of hydrogen-bond acceptors (Lipinski definition) is 3. The van der Waals surface area contributed by atoms with E-state index in [2.05, 4.69) is 18.3 Å². The van der Waals surface area contributed by atoms with Crippen LogP contribution >= 0.6 is 0 Å². The van der Waals surface area contributed by atoms with Gasteiger partial charge in [-0.2, -0.15) is 5.26 Å². The van der Waals surface area contributed by atoms with Crippen LogP contribution in [-0.2, 0) is 6.54 Å². The molecule has 0 aromatic heterocycles. The Morgan fingerprint density at radius 3 is 2.65 bits per heavy atom. The van der Waals surface area contributed by atoms with Gasteiger partial charge in [0.1, 0.15) is 0 Å². The molecule has 1 unspecified atom stereocenters. The molecular formula is C14H20N2O. The number of hydrogen-bond donors (Lipinski definition) is 2. The van der Waals surface area contributed by atoms with Gasteiger partial charge in [0.2, 0.25) is 0 Å². The van der Waals surface area contributed by atoms with Crippen LogP contribution in [0.4, 0.5) is 0 Å². The van der Waals surface area contributed by atoms with Crippen molar-refractivity contribution in [2.75, 3.05) is 6.61 Å². The van der Waals surface area contributed by atoms with Gasteiger partial charge in [-0.3, -0.25) is 0 Å². The Hall–Kier alpha value is -1.37. The maximum atomic E-state index is 9.31. The molecule has 0 aliphatic rings. The van der Waals surface area contributed by atoms with Crippen molar-refractivity contribution < 1.29 is 5.11 Å². The monoisotopic (exact) mass is 232 g/mol. The third-order valence-electron chi connectivity index (χ3n) is 3.31. The number of aryl methyl sites for hydroxylation is 1. The first-order valence-corrected chi connectivity index (χ1v) is 5.90. The molecule has 2 N–H and O–H groups in total. The molecule has 1 rings (SSSR count). The van der Waals surface area contributed by atoms with Gasteiger partial charge in [0.25, 0.3) is 0 Å². The van der Waals surface area contributed by atoms with Crippen molar-refractivity contribution in [2.24, 2.45) is 0 Å². The first-order valence-electron chi connectivity index (χ1n) is 5.90. The van der Waals surface area contributed by atoms with E-state index in [1.165, 1.54) is 0 Å². The topological polar surface area (TPSA) is 56.0 Å². The molecule has 3 nitrogen and oxygen atoms in total. The van der Waals surface area contributed by atoms with Crippen molar-refractivity contribution in [2.45, 2.75) is 39.3 Å². The zero-order valence-corrected chi connectivity index (χ0v) is 10.7. The van der Waals surface area contributed by atoms with Crippen LogP contribution in [0.1, 0.15) is 37.0 Å². The molecule has 1 atom stereocenters. The summed E-state index contributed by atoms with van der Waals surface area (Å²) in [6.07, 6.45) is 0.874. The average molecular weight is 232 g/mol. The van der Waals surface area contributed by atoms with E-state index in [0.29, 0.717) is 12.1 Å². The molecule has 1 aromatic carbocycles. The van der Waals surface area contributed by atoms with Crippen LogP contribution in [0.3, 0.4) is 0 Å². The lowest BCUT2D eigenvalue weighted by Gasteiger charge is -2.27. The lowest BCUT2D eigenvalue weighted by molar-refractivity contribution is 0.169. The fourth-order valence-electron chi connectivity index (χ4n) is 1.57. The van der Waals surface area contributed by atoms with Gasteiger partial charge in [0, 0.05) is 12.1 Å². The Kier molecular flexibility index (Phi) is 4.68. The van der Waals surface area contributed by atoms with Crippen molar-refractivity contribution >= 4 is 0 Å². The van der Waals surface area contributed by atoms with Crippen molar-refractivity contribution in [1.29, 1.82) is 5.26 Å². The summed E-state index contributed by atoms with van der Waals surface area (Å²) in [5.41, 5.74) is 2.72. The highest BCUT2D eigenvalue weighted by molar-refractivity contribution is 5.37. The minimum absolute atomic E-state index is 0.124. The second kappa shape index (κ2) is 5.81. The number of aliphatic hydroxyl groups is 1. The Labute approximate surface area is 103 Å². The van der Waals surface area contributed by atoms with Crippen molar-refractivity contribution in [3.63, 3.8) is 0 Å². The third kappa shape index (κ3) is 3.55. The lowest BCUT2D eigenvalue weighted by Crippen LogP contribution is -2.44. The molecule has 0 aliphatic heterocycles. The summed E-state index contributed by atoms with van der Waals surface area (Å²) in [7, 11) is 0. The Bertz CT molecular complexity index is 417. The summed E-state index contributed by atoms with van der Waals surface area (Å²) in [4.78, 5) is 0. The van der Waals surface area contributed by atoms with E-state index in [1.807, 2.05) is 32.0 Å². The van der Waals surface area contributed by atoms with Gasteiger partial charge in [-0.25, -0.2) is 0 Å². The third-order valence-corrected chi connectivity index (χ3v) is 3.31. The molecule has 0 bridgehead atoms. The molecule has 0 radical (unpaired) electrons. The molecule has 0 fully saturated rings. The highest BCUT2D eigenvalue weighted by Crippen LogP contribution is 2.13. The highest BCUT2D eigenvalue weighted by Gasteiger charge is 2.19. The summed E-state index contributed by atoms with van der Waals surface area (Å²) in [6.45, 7) is 6.89. The smallest absolute Gasteiger partial charge is 0.0991 e. The van der Waals surface area contributed by atoms with Crippen molar-refractivity contribution in [3.8, 4) is 6.07 Å². The van der Waals surface area contributed by atoms with Crippen LogP contribution < -0.4 is 5.32 Å². The molecule has 17 heavy (non-hydrogen) atoms. The van der Waals surface area contributed by atoms with E-state index in [4.69, 9.17) is 5.26 Å². The van der Waals surface area contributed by atoms with Crippen LogP contribution in [0.15, 0.2) is 18.2 Å². The quantitative estimate of drug-likeness (QED) is 0.817. The van der Waals surface area contributed by atoms with Gasteiger partial charge < -0.3 is 10.4 Å². The van der Waals surface area contributed by atoms with E-state index < -0.39 is 0 Å². The van der Waals surface area contributed by atoms with Gasteiger partial charge in [0.15, 0.2) is 0 Å². The normalized spacial score (nSPS) is 14.1. The second-order valence-electron chi connectivity index (χ2n) is 4.68. The van der Waals surface area contributed by atoms with Crippen LogP contribution in [0.2, 0.25) is 0 Å². The molecule has 0 spiro atoms. The zero-order valence-electron chi connectivity index (χ0n) is 10.7. The fraction of sp³-hybridized carbons (Fsp3) is 0.500. The lowest BCUT2D eigenvalue weighted by atomic mass is 9.98. The zero-order chi connectivity index (χ0) is 12.9. The minimum atomic E-state index is -0.236. The van der Waals surface area contributed by atoms with Crippen LogP contribution in [-0.4, -0.2) is 17.3 Å². The van der Waals surface area contributed by atoms with Gasteiger partial charge >= 0.3 is 0 Å². The number of nitrogens with one attached hydrogen (secondary N) is 1. The predicted molar refractivity (Wildman–Crippen MR) is 68.5 cm³/mol. The summed E-state index contributed by atoms with van der Waals surface area (Å²) in [5, 5.41) is 21.5. The Morgan fingerprint density at radius 2 is 2.18 bits per heavy atom. The van der Waals surface area contributed by atoms with E-state index >= 15 is 0 Å². The summed E-state index contributed by atoms with van der Waals surface area (Å²) < 4.78 is 0. The van der Waals surface area contributed by atoms with Gasteiger partial charge in [-0.15, -0.1) is 0 Å². The molecule has 0 amide bonds. The SMILES string of the molecule is CCC(C)(CO)NCc1ccc(C#N)cc1C. The molecule has 0 saturated heterocycles. The molecule has 3 heteroatoms. The summed E-state index contributed by atoms with van der Waals surface area (Å²) in [6, 6.07) is 7.81. The van der Waals surface area contributed by atoms with E-state index in [1.54, 1.807) is 0 Å². The number of nitriles is 1. The Morgan fingerprint density at radius 1 is 1.47 bits per heavy atom. The average Bonchev–Trinajstić information content (AvgIpc) is 2.36. The van der Waals surface area contributed by atoms with Gasteiger partial charge in [-0.05, 0) is 43.5 Å². The van der Waals surface area contributed by atoms with E-state index in [0.717, 1.165) is 17.5 Å². The first kappa shape index (κ1) is 13.7. The number of nitrogens with zero attached hydrogens (tertiary/aromatic N) is 1. The molecular weight excluding hydrogens is 212 g/mol. The number of benzene rings is 1. The van der Waals surface area contributed by atoms with E-state index in [9.17, 15) is 5.11 Å². The minimum Gasteiger partial charge on any atom is -0.394 e. The van der Waals surface area contributed by atoms with Crippen molar-refractivity contribution in [1.82, 2.24) is 5.32 Å². The Balaban J connectivity index is 2.74. The van der Waals surface area contributed by atoms with Gasteiger partial charge in [-0.1, -0.05) is 13.0 Å². The van der Waals surface area contributed by atoms with Crippen LogP contribution in [0.25, 0.3) is 0 Å². The van der Waals surface area contributed by atoms with Gasteiger partial charge in [0.05, 0.1) is 18.2 Å².